The van der Waals surface area contributed by atoms with Crippen molar-refractivity contribution in [3.05, 3.63) is 36.5 Å². The molecule has 1 aromatic heterocycles. The monoisotopic (exact) mass is 386 g/mol. The van der Waals surface area contributed by atoms with Crippen LogP contribution in [0.2, 0.25) is 0 Å². The Kier molecular flexibility index (Phi) is 6.70. The summed E-state index contributed by atoms with van der Waals surface area (Å²) in [6.07, 6.45) is 2.28. The number of halogens is 1. The van der Waals surface area contributed by atoms with Gasteiger partial charge in [0.15, 0.2) is 6.20 Å². The van der Waals surface area contributed by atoms with Gasteiger partial charge in [-0.25, -0.2) is 0 Å². The number of pyridine rings is 1. The molecule has 0 amide bonds. The summed E-state index contributed by atoms with van der Waals surface area (Å²) in [6, 6.07) is 9.67. The first-order chi connectivity index (χ1) is 9.26. The Balaban J connectivity index is 0.00000200. The number of aliphatic imine (C=N–C) groups is 1. The van der Waals surface area contributed by atoms with Crippen LogP contribution in [0.25, 0.3) is 10.9 Å². The Bertz CT molecular complexity index is 594. The number of fused-ring (bicyclic) bond motifs is 1. The van der Waals surface area contributed by atoms with Crippen molar-refractivity contribution in [2.75, 3.05) is 6.54 Å². The summed E-state index contributed by atoms with van der Waals surface area (Å²) in [5.74, 6) is 0.560. The van der Waals surface area contributed by atoms with Gasteiger partial charge >= 0.3 is 0 Å². The first-order valence-electron chi connectivity index (χ1n) is 6.56. The SMILES string of the molecule is CCCN=C([O-])Oc1cccc2ccc[n+](CC)c12.I. The van der Waals surface area contributed by atoms with Gasteiger partial charge in [0, 0.05) is 18.0 Å². The van der Waals surface area contributed by atoms with Crippen molar-refractivity contribution in [1.82, 2.24) is 0 Å². The van der Waals surface area contributed by atoms with Gasteiger partial charge < -0.3 is 9.84 Å². The molecular formula is C15H19IN2O2. The zero-order valence-electron chi connectivity index (χ0n) is 11.7. The predicted molar refractivity (Wildman–Crippen MR) is 88.5 cm³/mol. The number of nitrogens with zero attached hydrogens (tertiary/aromatic N) is 2. The molecule has 0 N–H and O–H groups in total. The molecule has 0 atom stereocenters. The van der Waals surface area contributed by atoms with Gasteiger partial charge in [0.25, 0.3) is 0 Å². The van der Waals surface area contributed by atoms with Crippen LogP contribution in [0.3, 0.4) is 0 Å². The molecule has 108 valence electrons. The molecule has 5 heteroatoms. The topological polar surface area (TPSA) is 48.5 Å². The number of benzene rings is 1. The predicted octanol–water partition coefficient (Wildman–Crippen LogP) is 2.27. The minimum absolute atomic E-state index is 0. The Labute approximate surface area is 136 Å². The lowest BCUT2D eigenvalue weighted by Gasteiger charge is -2.15. The maximum Gasteiger partial charge on any atom is 0.226 e. The standard InChI is InChI=1S/C15H18N2O2.HI/c1-3-10-16-15(18)19-13-9-5-7-12-8-6-11-17(4-2)14(12)13;/h5-9,11H,3-4,10H2,1-2H3;1H. The van der Waals surface area contributed by atoms with Gasteiger partial charge in [-0.1, -0.05) is 13.0 Å². The second kappa shape index (κ2) is 8.04. The quantitative estimate of drug-likeness (QED) is 0.350. The van der Waals surface area contributed by atoms with Gasteiger partial charge in [-0.2, -0.15) is 4.57 Å². The zero-order valence-corrected chi connectivity index (χ0v) is 14.0. The smallest absolute Gasteiger partial charge is 0.226 e. The fraction of sp³-hybridized carbons (Fsp3) is 0.333. The lowest BCUT2D eigenvalue weighted by molar-refractivity contribution is -0.668. The summed E-state index contributed by atoms with van der Waals surface area (Å²) in [7, 11) is 0. The van der Waals surface area contributed by atoms with E-state index < -0.39 is 6.08 Å². The highest BCUT2D eigenvalue weighted by atomic mass is 127. The fourth-order valence-corrected chi connectivity index (χ4v) is 1.98. The van der Waals surface area contributed by atoms with Crippen LogP contribution in [-0.4, -0.2) is 12.6 Å². The summed E-state index contributed by atoms with van der Waals surface area (Å²) in [5.41, 5.74) is 0.924. The van der Waals surface area contributed by atoms with Gasteiger partial charge in [0.05, 0.1) is 5.75 Å². The highest BCUT2D eigenvalue weighted by Gasteiger charge is 2.09. The van der Waals surface area contributed by atoms with Crippen molar-refractivity contribution < 1.29 is 14.4 Å². The van der Waals surface area contributed by atoms with Crippen LogP contribution in [0.1, 0.15) is 20.3 Å². The Hall–Kier alpha value is -1.37. The Morgan fingerprint density at radius 2 is 2.00 bits per heavy atom. The van der Waals surface area contributed by atoms with Crippen molar-refractivity contribution in [2.24, 2.45) is 4.99 Å². The van der Waals surface area contributed by atoms with E-state index >= 15 is 0 Å². The van der Waals surface area contributed by atoms with E-state index in [4.69, 9.17) is 4.74 Å². The third kappa shape index (κ3) is 3.82. The summed E-state index contributed by atoms with van der Waals surface area (Å²) in [4.78, 5) is 3.83. The average molecular weight is 386 g/mol. The molecule has 20 heavy (non-hydrogen) atoms. The van der Waals surface area contributed by atoms with E-state index in [1.165, 1.54) is 0 Å². The molecule has 0 fully saturated rings. The van der Waals surface area contributed by atoms with Crippen LogP contribution < -0.4 is 14.4 Å². The molecule has 0 bridgehead atoms. The fourth-order valence-electron chi connectivity index (χ4n) is 1.98. The van der Waals surface area contributed by atoms with Gasteiger partial charge in [0.1, 0.15) is 12.6 Å². The molecule has 0 aliphatic rings. The zero-order chi connectivity index (χ0) is 13.7. The summed E-state index contributed by atoms with van der Waals surface area (Å²) >= 11 is 0. The van der Waals surface area contributed by atoms with Crippen LogP contribution >= 0.6 is 24.0 Å². The molecule has 0 spiro atoms. The molecule has 0 radical (unpaired) electrons. The molecule has 1 aromatic carbocycles. The number of hydrogen-bond donors (Lipinski definition) is 0. The lowest BCUT2D eigenvalue weighted by atomic mass is 10.2. The number of aryl methyl sites for hydroxylation is 1. The first kappa shape index (κ1) is 16.7. The normalized spacial score (nSPS) is 11.2. The summed E-state index contributed by atoms with van der Waals surface area (Å²) in [5, 5.41) is 12.7. The largest absolute Gasteiger partial charge is 0.560 e. The molecule has 0 saturated carbocycles. The second-order valence-electron chi connectivity index (χ2n) is 4.24. The van der Waals surface area contributed by atoms with E-state index in [0.717, 1.165) is 23.9 Å². The number of para-hydroxylation sites is 1. The first-order valence-corrected chi connectivity index (χ1v) is 6.56. The third-order valence-electron chi connectivity index (χ3n) is 2.86. The van der Waals surface area contributed by atoms with E-state index in [1.807, 2.05) is 37.4 Å². The van der Waals surface area contributed by atoms with Crippen molar-refractivity contribution in [3.8, 4) is 5.75 Å². The Morgan fingerprint density at radius 1 is 1.25 bits per heavy atom. The molecule has 0 aliphatic carbocycles. The van der Waals surface area contributed by atoms with E-state index in [1.54, 1.807) is 6.07 Å². The van der Waals surface area contributed by atoms with E-state index in [2.05, 4.69) is 16.5 Å². The highest BCUT2D eigenvalue weighted by Crippen LogP contribution is 2.21. The van der Waals surface area contributed by atoms with Gasteiger partial charge in [-0.15, -0.1) is 24.0 Å². The van der Waals surface area contributed by atoms with Crippen molar-refractivity contribution in [3.63, 3.8) is 0 Å². The van der Waals surface area contributed by atoms with Gasteiger partial charge in [-0.05, 0) is 31.5 Å². The number of aromatic nitrogens is 1. The van der Waals surface area contributed by atoms with Gasteiger partial charge in [-0.3, -0.25) is 4.99 Å². The Morgan fingerprint density at radius 3 is 2.70 bits per heavy atom. The maximum atomic E-state index is 11.6. The van der Waals surface area contributed by atoms with Gasteiger partial charge in [0.2, 0.25) is 5.52 Å². The lowest BCUT2D eigenvalue weighted by Crippen LogP contribution is -2.34. The van der Waals surface area contributed by atoms with Crippen molar-refractivity contribution in [1.29, 1.82) is 0 Å². The minimum Gasteiger partial charge on any atom is -0.560 e. The number of ether oxygens (including phenoxy) is 1. The number of rotatable bonds is 4. The molecule has 1 heterocycles. The molecule has 0 saturated heterocycles. The van der Waals surface area contributed by atoms with Crippen LogP contribution in [0.15, 0.2) is 41.5 Å². The molecule has 0 unspecified atom stereocenters. The van der Waals surface area contributed by atoms with Crippen molar-refractivity contribution >= 4 is 41.0 Å². The molecule has 0 aliphatic heterocycles. The molecule has 2 rings (SSSR count). The van der Waals surface area contributed by atoms with E-state index in [0.29, 0.717) is 12.3 Å². The highest BCUT2D eigenvalue weighted by molar-refractivity contribution is 14.0. The van der Waals surface area contributed by atoms with Crippen molar-refractivity contribution in [2.45, 2.75) is 26.8 Å². The van der Waals surface area contributed by atoms with Crippen LogP contribution in [0, 0.1) is 0 Å². The maximum absolute atomic E-state index is 11.6. The molecule has 2 aromatic rings. The average Bonchev–Trinajstić information content (AvgIpc) is 2.44. The summed E-state index contributed by atoms with van der Waals surface area (Å²) < 4.78 is 7.40. The van der Waals surface area contributed by atoms with Crippen LogP contribution in [0.4, 0.5) is 0 Å². The molecule has 4 nitrogen and oxygen atoms in total. The van der Waals surface area contributed by atoms with E-state index in [9.17, 15) is 5.11 Å². The second-order valence-corrected chi connectivity index (χ2v) is 4.24. The van der Waals surface area contributed by atoms with E-state index in [-0.39, 0.29) is 24.0 Å². The molecular weight excluding hydrogens is 367 g/mol. The number of hydrogen-bond acceptors (Lipinski definition) is 3. The minimum atomic E-state index is -0.527. The van der Waals surface area contributed by atoms with Crippen LogP contribution in [0.5, 0.6) is 5.75 Å². The third-order valence-corrected chi connectivity index (χ3v) is 2.86. The summed E-state index contributed by atoms with van der Waals surface area (Å²) in [6.45, 7) is 5.34. The van der Waals surface area contributed by atoms with Crippen LogP contribution in [-0.2, 0) is 6.54 Å².